The Morgan fingerprint density at radius 1 is 0.565 bits per heavy atom. The predicted octanol–water partition coefficient (Wildman–Crippen LogP) is 12.7. The minimum absolute atomic E-state index is 0.163. The number of imidazole rings is 1. The molecule has 2 aliphatic heterocycles. The van der Waals surface area contributed by atoms with Crippen molar-refractivity contribution in [2.45, 2.75) is 79.1 Å². The van der Waals surface area contributed by atoms with Crippen molar-refractivity contribution in [2.75, 3.05) is 0 Å². The van der Waals surface area contributed by atoms with Crippen LogP contribution in [0.5, 0.6) is 5.75 Å². The number of para-hydroxylation sites is 1. The van der Waals surface area contributed by atoms with Crippen LogP contribution in [0.4, 0.5) is 0 Å². The van der Waals surface area contributed by atoms with Crippen LogP contribution in [-0.2, 0) is 0 Å². The summed E-state index contributed by atoms with van der Waals surface area (Å²) in [5, 5.41) is 11.9. The fourth-order valence-electron chi connectivity index (χ4n) is 9.55. The molecule has 0 radical (unpaired) electrons. The first-order chi connectivity index (χ1) is 30.0. The van der Waals surface area contributed by atoms with Crippen molar-refractivity contribution in [1.29, 1.82) is 0 Å². The fourth-order valence-corrected chi connectivity index (χ4v) is 9.55. The van der Waals surface area contributed by atoms with Gasteiger partial charge in [-0.05, 0) is 129 Å². The van der Waals surface area contributed by atoms with Gasteiger partial charge in [-0.25, -0.2) is 4.98 Å². The van der Waals surface area contributed by atoms with Gasteiger partial charge in [-0.15, -0.1) is 0 Å². The van der Waals surface area contributed by atoms with Crippen LogP contribution in [0.2, 0.25) is 0 Å². The zero-order chi connectivity index (χ0) is 43.2. The van der Waals surface area contributed by atoms with Gasteiger partial charge in [0.05, 0.1) is 22.6 Å². The maximum absolute atomic E-state index is 11.9. The van der Waals surface area contributed by atoms with E-state index in [2.05, 4.69) is 180 Å². The molecule has 0 fully saturated rings. The van der Waals surface area contributed by atoms with Crippen LogP contribution < -0.4 is 11.1 Å². The largest absolute Gasteiger partial charge is 0.507 e. The van der Waals surface area contributed by atoms with Gasteiger partial charge < -0.3 is 14.5 Å². The number of aromatic hydroxyl groups is 1. The summed E-state index contributed by atoms with van der Waals surface area (Å²) >= 11 is 0. The SMILES string of the molecule is CC(C)c1cccc(C(C)C)c1B1c2c(nc(-c3ccccc3O)n2-c2c(C(C)C)cc(-c3ccccc3)cc2C(C)C)C(c2cccc(-c3ccccn3)c2)=C2C=CC=CN12. The first-order valence-corrected chi connectivity index (χ1v) is 22.2. The third kappa shape index (κ3) is 7.11. The van der Waals surface area contributed by atoms with Crippen LogP contribution in [0.1, 0.15) is 113 Å². The number of allylic oxidation sites excluding steroid dienone is 3. The summed E-state index contributed by atoms with van der Waals surface area (Å²) in [6.45, 7) is 18.2. The van der Waals surface area contributed by atoms with E-state index in [1.165, 1.54) is 38.8 Å². The molecule has 7 aromatic rings. The van der Waals surface area contributed by atoms with Gasteiger partial charge >= 0.3 is 6.85 Å². The molecular formula is C56H55BN4O. The highest BCUT2D eigenvalue weighted by molar-refractivity contribution is 6.85. The summed E-state index contributed by atoms with van der Waals surface area (Å²) in [7, 11) is 0. The number of pyridine rings is 1. The molecule has 0 amide bonds. The molecule has 5 nitrogen and oxygen atoms in total. The number of phenols is 1. The molecule has 308 valence electrons. The molecule has 0 unspecified atom stereocenters. The molecule has 62 heavy (non-hydrogen) atoms. The standard InChI is InChI=1S/C56H55BN4O/c1-35(2)43-25-19-26-44(36(3)4)52(43)57-55-53(51(49-28-15-17-31-60(49)57)41-23-18-22-40(32-41)48-27-14-16-30-58-48)59-56(45-24-12-13-29-50(45)62)61(55)54-46(37(5)6)33-42(34-47(54)38(7)8)39-20-10-9-11-21-39/h9-38,62H,1-8H3. The third-order valence-corrected chi connectivity index (χ3v) is 12.5. The summed E-state index contributed by atoms with van der Waals surface area (Å²) in [6.07, 6.45) is 10.7. The lowest BCUT2D eigenvalue weighted by Gasteiger charge is -2.40. The fraction of sp³-hybridized carbons (Fsp3) is 0.214. The van der Waals surface area contributed by atoms with Crippen LogP contribution in [0.25, 0.3) is 45.0 Å². The number of fused-ring (bicyclic) bond motifs is 2. The van der Waals surface area contributed by atoms with E-state index in [1.807, 2.05) is 36.5 Å². The van der Waals surface area contributed by atoms with Crippen LogP contribution >= 0.6 is 0 Å². The Bertz CT molecular complexity index is 2830. The molecule has 2 aromatic heterocycles. The first-order valence-electron chi connectivity index (χ1n) is 22.2. The molecule has 0 saturated heterocycles. The molecule has 5 aromatic carbocycles. The van der Waals surface area contributed by atoms with Crippen LogP contribution in [-0.4, -0.2) is 31.3 Å². The molecule has 0 aliphatic carbocycles. The van der Waals surface area contributed by atoms with Crippen molar-refractivity contribution in [3.05, 3.63) is 197 Å². The summed E-state index contributed by atoms with van der Waals surface area (Å²) < 4.78 is 2.46. The summed E-state index contributed by atoms with van der Waals surface area (Å²) in [6, 6.07) is 44.9. The second-order valence-corrected chi connectivity index (χ2v) is 17.9. The second kappa shape index (κ2) is 16.7. The average Bonchev–Trinajstić information content (AvgIpc) is 3.67. The molecule has 2 aliphatic rings. The summed E-state index contributed by atoms with van der Waals surface area (Å²) in [5.74, 6) is 1.76. The van der Waals surface area contributed by atoms with E-state index in [4.69, 9.17) is 9.97 Å². The Morgan fingerprint density at radius 2 is 1.18 bits per heavy atom. The number of phenolic OH excluding ortho intramolecular Hbond substituents is 1. The average molecular weight is 811 g/mol. The lowest BCUT2D eigenvalue weighted by molar-refractivity contribution is 0.477. The number of nitrogens with zero attached hydrogens (tertiary/aromatic N) is 4. The molecule has 0 saturated carbocycles. The van der Waals surface area contributed by atoms with E-state index >= 15 is 0 Å². The van der Waals surface area contributed by atoms with E-state index in [-0.39, 0.29) is 36.3 Å². The molecular weight excluding hydrogens is 755 g/mol. The zero-order valence-electron chi connectivity index (χ0n) is 37.1. The topological polar surface area (TPSA) is 54.2 Å². The van der Waals surface area contributed by atoms with Crippen molar-refractivity contribution in [1.82, 2.24) is 19.3 Å². The van der Waals surface area contributed by atoms with Crippen molar-refractivity contribution in [2.24, 2.45) is 0 Å². The van der Waals surface area contributed by atoms with Gasteiger partial charge in [0.1, 0.15) is 11.6 Å². The molecule has 0 atom stereocenters. The molecule has 4 heterocycles. The van der Waals surface area contributed by atoms with Crippen molar-refractivity contribution in [3.8, 4) is 45.2 Å². The van der Waals surface area contributed by atoms with Crippen LogP contribution in [0.15, 0.2) is 164 Å². The normalized spacial score (nSPS) is 13.5. The van der Waals surface area contributed by atoms with Crippen molar-refractivity contribution < 1.29 is 5.11 Å². The van der Waals surface area contributed by atoms with Crippen molar-refractivity contribution in [3.63, 3.8) is 0 Å². The summed E-state index contributed by atoms with van der Waals surface area (Å²) in [4.78, 5) is 13.1. The van der Waals surface area contributed by atoms with Gasteiger partial charge in [0.2, 0.25) is 0 Å². The highest BCUT2D eigenvalue weighted by Crippen LogP contribution is 2.44. The molecule has 0 bridgehead atoms. The number of benzene rings is 5. The minimum Gasteiger partial charge on any atom is -0.507 e. The first kappa shape index (κ1) is 40.7. The second-order valence-electron chi connectivity index (χ2n) is 17.9. The van der Waals surface area contributed by atoms with E-state index in [0.717, 1.165) is 45.1 Å². The molecule has 6 heteroatoms. The maximum atomic E-state index is 11.9. The van der Waals surface area contributed by atoms with Gasteiger partial charge in [0, 0.05) is 28.6 Å². The lowest BCUT2D eigenvalue weighted by atomic mass is 9.45. The lowest BCUT2D eigenvalue weighted by Crippen LogP contribution is -2.61. The highest BCUT2D eigenvalue weighted by atomic mass is 16.3. The van der Waals surface area contributed by atoms with E-state index in [1.54, 1.807) is 6.07 Å². The van der Waals surface area contributed by atoms with Gasteiger partial charge in [-0.2, -0.15) is 0 Å². The van der Waals surface area contributed by atoms with Crippen LogP contribution in [0, 0.1) is 0 Å². The Kier molecular flexibility index (Phi) is 10.9. The van der Waals surface area contributed by atoms with E-state index in [0.29, 0.717) is 11.4 Å². The highest BCUT2D eigenvalue weighted by Gasteiger charge is 2.45. The Labute approximate surface area is 368 Å². The quantitative estimate of drug-likeness (QED) is 0.140. The van der Waals surface area contributed by atoms with Gasteiger partial charge in [0.15, 0.2) is 0 Å². The Morgan fingerprint density at radius 3 is 1.82 bits per heavy atom. The van der Waals surface area contributed by atoms with Gasteiger partial charge in [-0.3, -0.25) is 4.98 Å². The molecule has 1 N–H and O–H groups in total. The Balaban J connectivity index is 1.49. The smallest absolute Gasteiger partial charge is 0.349 e. The van der Waals surface area contributed by atoms with Gasteiger partial charge in [-0.1, -0.05) is 146 Å². The molecule has 9 rings (SSSR count). The van der Waals surface area contributed by atoms with Crippen molar-refractivity contribution >= 4 is 23.5 Å². The minimum atomic E-state index is -0.263. The number of aromatic nitrogens is 3. The summed E-state index contributed by atoms with van der Waals surface area (Å²) in [5.41, 5.74) is 17.7. The monoisotopic (exact) mass is 810 g/mol. The van der Waals surface area contributed by atoms with Gasteiger partial charge in [0.25, 0.3) is 0 Å². The van der Waals surface area contributed by atoms with Crippen LogP contribution in [0.3, 0.4) is 0 Å². The Hall–Kier alpha value is -6.66. The zero-order valence-corrected chi connectivity index (χ0v) is 37.1. The van der Waals surface area contributed by atoms with E-state index in [9.17, 15) is 5.11 Å². The number of hydrogen-bond acceptors (Lipinski definition) is 4. The number of rotatable bonds is 10. The van der Waals surface area contributed by atoms with E-state index < -0.39 is 0 Å². The maximum Gasteiger partial charge on any atom is 0.349 e. The number of hydrogen-bond donors (Lipinski definition) is 1. The molecule has 0 spiro atoms. The third-order valence-electron chi connectivity index (χ3n) is 12.5. The predicted molar refractivity (Wildman–Crippen MR) is 260 cm³/mol.